The summed E-state index contributed by atoms with van der Waals surface area (Å²) in [5.74, 6) is -0.153. The molecule has 1 fully saturated rings. The number of carbonyl (C=O) groups is 2. The summed E-state index contributed by atoms with van der Waals surface area (Å²) in [5, 5.41) is 0. The molecule has 2 atom stereocenters. The Morgan fingerprint density at radius 3 is 2.16 bits per heavy atom. The maximum atomic E-state index is 13.8. The number of hydrogen-bond acceptors (Lipinski definition) is 5. The molecule has 1 saturated heterocycles. The van der Waals surface area contributed by atoms with Crippen LogP contribution >= 0.6 is 0 Å². The van der Waals surface area contributed by atoms with Crippen molar-refractivity contribution in [3.63, 3.8) is 0 Å². The normalized spacial score (nSPS) is 22.0. The van der Waals surface area contributed by atoms with Crippen molar-refractivity contribution in [2.24, 2.45) is 0 Å². The van der Waals surface area contributed by atoms with E-state index in [1.807, 2.05) is 75.1 Å². The lowest BCUT2D eigenvalue weighted by atomic mass is 10.0. The first-order chi connectivity index (χ1) is 14.9. The molecule has 2 aliphatic rings. The maximum Gasteiger partial charge on any atom is 0.282 e. The molecule has 6 heteroatoms. The second kappa shape index (κ2) is 8.55. The number of ether oxygens (including phenoxy) is 2. The van der Waals surface area contributed by atoms with Crippen molar-refractivity contribution >= 4 is 23.1 Å². The van der Waals surface area contributed by atoms with Gasteiger partial charge in [0.25, 0.3) is 11.8 Å². The number of hydrogen-bond donors (Lipinski definition) is 0. The molecule has 4 rings (SSSR count). The minimum atomic E-state index is -0.335. The van der Waals surface area contributed by atoms with Gasteiger partial charge < -0.3 is 14.4 Å². The van der Waals surface area contributed by atoms with Crippen LogP contribution in [-0.4, -0.2) is 48.1 Å². The predicted molar refractivity (Wildman–Crippen MR) is 120 cm³/mol. The van der Waals surface area contributed by atoms with Gasteiger partial charge >= 0.3 is 0 Å². The van der Waals surface area contributed by atoms with Gasteiger partial charge in [-0.25, -0.2) is 4.90 Å². The van der Waals surface area contributed by atoms with Crippen LogP contribution in [0.2, 0.25) is 0 Å². The van der Waals surface area contributed by atoms with E-state index < -0.39 is 0 Å². The fourth-order valence-electron chi connectivity index (χ4n) is 4.25. The third kappa shape index (κ3) is 4.08. The van der Waals surface area contributed by atoms with Gasteiger partial charge in [0.2, 0.25) is 0 Å². The highest BCUT2D eigenvalue weighted by molar-refractivity contribution is 6.45. The Morgan fingerprint density at radius 1 is 0.903 bits per heavy atom. The average molecular weight is 421 g/mol. The van der Waals surface area contributed by atoms with Crippen molar-refractivity contribution in [2.75, 3.05) is 18.0 Å². The van der Waals surface area contributed by atoms with E-state index in [9.17, 15) is 9.59 Å². The van der Waals surface area contributed by atoms with E-state index in [-0.39, 0.29) is 30.1 Å². The Bertz CT molecular complexity index is 1010. The van der Waals surface area contributed by atoms with E-state index in [0.717, 1.165) is 5.56 Å². The van der Waals surface area contributed by atoms with Crippen molar-refractivity contribution in [1.29, 1.82) is 0 Å². The van der Waals surface area contributed by atoms with Crippen molar-refractivity contribution < 1.29 is 19.1 Å². The van der Waals surface area contributed by atoms with Crippen LogP contribution in [0.1, 0.15) is 33.3 Å². The fourth-order valence-corrected chi connectivity index (χ4v) is 4.25. The van der Waals surface area contributed by atoms with Gasteiger partial charge in [-0.1, -0.05) is 42.5 Å². The van der Waals surface area contributed by atoms with Crippen LogP contribution in [-0.2, 0) is 14.3 Å². The molecule has 0 aliphatic carbocycles. The molecule has 0 aromatic heterocycles. The summed E-state index contributed by atoms with van der Waals surface area (Å²) in [4.78, 5) is 30.7. The SMILES string of the molecule is CC(C)Oc1ccccc1N1C(=O)C(c2ccccc2)=C(N2CC(C)OC(C)C2)C1=O. The molecule has 6 nitrogen and oxygen atoms in total. The Balaban J connectivity index is 1.82. The molecule has 31 heavy (non-hydrogen) atoms. The number of para-hydroxylation sites is 2. The van der Waals surface area contributed by atoms with E-state index in [1.54, 1.807) is 12.1 Å². The Hall–Kier alpha value is -3.12. The fraction of sp³-hybridized carbons (Fsp3) is 0.360. The number of carbonyl (C=O) groups excluding carboxylic acids is 2. The summed E-state index contributed by atoms with van der Waals surface area (Å²) >= 11 is 0. The van der Waals surface area contributed by atoms with Gasteiger partial charge in [0.05, 0.1) is 29.6 Å². The molecule has 0 N–H and O–H groups in total. The van der Waals surface area contributed by atoms with Crippen LogP contribution < -0.4 is 9.64 Å². The quantitative estimate of drug-likeness (QED) is 0.688. The number of morpholine rings is 1. The van der Waals surface area contributed by atoms with Gasteiger partial charge in [0.1, 0.15) is 11.4 Å². The van der Waals surface area contributed by atoms with Crippen LogP contribution in [0, 0.1) is 0 Å². The lowest BCUT2D eigenvalue weighted by molar-refractivity contribution is -0.121. The Kier molecular flexibility index (Phi) is 5.83. The van der Waals surface area contributed by atoms with Crippen LogP contribution in [0.25, 0.3) is 5.57 Å². The second-order valence-electron chi connectivity index (χ2n) is 8.33. The molecule has 162 valence electrons. The van der Waals surface area contributed by atoms with E-state index in [2.05, 4.69) is 0 Å². The first-order valence-electron chi connectivity index (χ1n) is 10.7. The molecule has 0 radical (unpaired) electrons. The molecule has 2 amide bonds. The first-order valence-corrected chi connectivity index (χ1v) is 10.7. The van der Waals surface area contributed by atoms with Crippen LogP contribution in [0.3, 0.4) is 0 Å². The molecule has 0 bridgehead atoms. The number of benzene rings is 2. The van der Waals surface area contributed by atoms with Crippen molar-refractivity contribution in [1.82, 2.24) is 4.90 Å². The van der Waals surface area contributed by atoms with Gasteiger partial charge in [0, 0.05) is 13.1 Å². The molecular weight excluding hydrogens is 392 g/mol. The first kappa shape index (κ1) is 21.1. The summed E-state index contributed by atoms with van der Waals surface area (Å²) < 4.78 is 11.8. The highest BCUT2D eigenvalue weighted by Gasteiger charge is 2.44. The van der Waals surface area contributed by atoms with Gasteiger partial charge in [-0.3, -0.25) is 9.59 Å². The van der Waals surface area contributed by atoms with Gasteiger partial charge in [0.15, 0.2) is 0 Å². The van der Waals surface area contributed by atoms with E-state index in [0.29, 0.717) is 35.8 Å². The summed E-state index contributed by atoms with van der Waals surface area (Å²) in [6.07, 6.45) is -0.167. The molecule has 2 heterocycles. The van der Waals surface area contributed by atoms with Gasteiger partial charge in [-0.15, -0.1) is 0 Å². The minimum Gasteiger partial charge on any atom is -0.489 e. The number of rotatable bonds is 5. The smallest absolute Gasteiger partial charge is 0.282 e. The minimum absolute atomic E-state index is 0.0400. The topological polar surface area (TPSA) is 59.1 Å². The molecule has 2 aromatic carbocycles. The summed E-state index contributed by atoms with van der Waals surface area (Å²) in [7, 11) is 0. The lowest BCUT2D eigenvalue weighted by Gasteiger charge is -2.37. The number of imide groups is 1. The largest absolute Gasteiger partial charge is 0.489 e. The van der Waals surface area contributed by atoms with Crippen molar-refractivity contribution in [3.8, 4) is 5.75 Å². The van der Waals surface area contributed by atoms with Crippen LogP contribution in [0.5, 0.6) is 5.75 Å². The molecule has 0 spiro atoms. The number of amides is 2. The van der Waals surface area contributed by atoms with Crippen molar-refractivity contribution in [2.45, 2.75) is 46.0 Å². The number of nitrogens with zero attached hydrogens (tertiary/aromatic N) is 2. The van der Waals surface area contributed by atoms with Gasteiger partial charge in [-0.2, -0.15) is 0 Å². The third-order valence-electron chi connectivity index (χ3n) is 5.33. The average Bonchev–Trinajstić information content (AvgIpc) is 2.98. The number of anilines is 1. The van der Waals surface area contributed by atoms with Crippen LogP contribution in [0.4, 0.5) is 5.69 Å². The summed E-state index contributed by atoms with van der Waals surface area (Å²) in [5.41, 5.74) is 2.04. The van der Waals surface area contributed by atoms with E-state index in [1.165, 1.54) is 4.90 Å². The zero-order valence-electron chi connectivity index (χ0n) is 18.4. The van der Waals surface area contributed by atoms with Crippen molar-refractivity contribution in [3.05, 3.63) is 65.9 Å². The Labute approximate surface area is 183 Å². The third-order valence-corrected chi connectivity index (χ3v) is 5.33. The lowest BCUT2D eigenvalue weighted by Crippen LogP contribution is -2.47. The zero-order valence-corrected chi connectivity index (χ0v) is 18.4. The highest BCUT2D eigenvalue weighted by Crippen LogP contribution is 2.39. The predicted octanol–water partition coefficient (Wildman–Crippen LogP) is 3.87. The zero-order chi connectivity index (χ0) is 22.1. The molecule has 0 saturated carbocycles. The Morgan fingerprint density at radius 2 is 1.52 bits per heavy atom. The maximum absolute atomic E-state index is 13.8. The standard InChI is InChI=1S/C25H28N2O4/c1-16(2)30-21-13-9-8-12-20(21)27-24(28)22(19-10-6-5-7-11-19)23(25(27)29)26-14-17(3)31-18(4)15-26/h5-13,16-18H,14-15H2,1-4H3. The van der Waals surface area contributed by atoms with E-state index >= 15 is 0 Å². The molecule has 2 aromatic rings. The molecule has 2 aliphatic heterocycles. The summed E-state index contributed by atoms with van der Waals surface area (Å²) in [6.45, 7) is 8.90. The monoisotopic (exact) mass is 420 g/mol. The summed E-state index contributed by atoms with van der Waals surface area (Å²) in [6, 6.07) is 16.6. The van der Waals surface area contributed by atoms with E-state index in [4.69, 9.17) is 9.47 Å². The molecule has 2 unspecified atom stereocenters. The second-order valence-corrected chi connectivity index (χ2v) is 8.33. The molecular formula is C25H28N2O4. The van der Waals surface area contributed by atoms with Crippen LogP contribution in [0.15, 0.2) is 60.3 Å². The van der Waals surface area contributed by atoms with Gasteiger partial charge in [-0.05, 0) is 45.4 Å². The highest BCUT2D eigenvalue weighted by atomic mass is 16.5.